The Morgan fingerprint density at radius 3 is 1.50 bits per heavy atom. The molecule has 38 heavy (non-hydrogen) atoms. The van der Waals surface area contributed by atoms with E-state index in [1.54, 1.807) is 12.2 Å². The van der Waals surface area contributed by atoms with Crippen molar-refractivity contribution < 1.29 is 39.0 Å². The third-order valence-electron chi connectivity index (χ3n) is 4.63. The average Bonchev–Trinajstić information content (AvgIpc) is 2.86. The average molecular weight is 573 g/mol. The fraction of sp³-hybridized carbons (Fsp3) is 0.273. The number of nitrogens with two attached hydrogens (primary N) is 2. The van der Waals surface area contributed by atoms with E-state index in [9.17, 15) is 29.8 Å². The highest BCUT2D eigenvalue weighted by atomic mass is 35.5. The van der Waals surface area contributed by atoms with Crippen LogP contribution in [0.4, 0.5) is 11.4 Å². The van der Waals surface area contributed by atoms with Crippen molar-refractivity contribution in [2.75, 3.05) is 13.2 Å². The maximum atomic E-state index is 12.0. The molecule has 0 heterocycles. The quantitative estimate of drug-likeness (QED) is 0.143. The first kappa shape index (κ1) is 30.6. The molecular weight excluding hydrogens is 551 g/mol. The van der Waals surface area contributed by atoms with Gasteiger partial charge < -0.3 is 11.5 Å². The molecule has 204 valence electrons. The van der Waals surface area contributed by atoms with Crippen LogP contribution in [0.1, 0.15) is 33.6 Å². The predicted molar refractivity (Wildman–Crippen MR) is 133 cm³/mol. The third kappa shape index (κ3) is 9.66. The zero-order chi connectivity index (χ0) is 28.2. The minimum atomic E-state index is -0.950. The molecule has 0 bridgehead atoms. The van der Waals surface area contributed by atoms with Crippen molar-refractivity contribution in [3.05, 3.63) is 90.0 Å². The Labute approximate surface area is 225 Å². The van der Waals surface area contributed by atoms with Gasteiger partial charge in [0.25, 0.3) is 11.4 Å². The fourth-order valence-electron chi connectivity index (χ4n) is 2.68. The number of rotatable bonds is 14. The number of nitro benzene ring substituents is 2. The lowest BCUT2D eigenvalue weighted by atomic mass is 10.2. The maximum absolute atomic E-state index is 12.0. The van der Waals surface area contributed by atoms with Crippen LogP contribution in [-0.4, -0.2) is 47.1 Å². The first-order valence-corrected chi connectivity index (χ1v) is 11.5. The summed E-state index contributed by atoms with van der Waals surface area (Å²) in [7, 11) is 0. The molecule has 0 aliphatic rings. The molecule has 0 saturated carbocycles. The molecule has 4 N–H and O–H groups in total. The predicted octanol–water partition coefficient (Wildman–Crippen LogP) is 3.68. The Balaban J connectivity index is 1.65. The van der Waals surface area contributed by atoms with Crippen molar-refractivity contribution in [3.8, 4) is 0 Å². The van der Waals surface area contributed by atoms with Crippen molar-refractivity contribution in [1.82, 2.24) is 0 Å². The summed E-state index contributed by atoms with van der Waals surface area (Å²) in [5, 5.41) is 21.5. The van der Waals surface area contributed by atoms with Gasteiger partial charge in [-0.25, -0.2) is 9.59 Å². The molecule has 0 amide bonds. The van der Waals surface area contributed by atoms with E-state index in [1.807, 2.05) is 0 Å². The summed E-state index contributed by atoms with van der Waals surface area (Å²) in [6.45, 7) is -0.306. The van der Waals surface area contributed by atoms with Crippen LogP contribution in [0.25, 0.3) is 0 Å². The van der Waals surface area contributed by atoms with Crippen LogP contribution in [0.5, 0.6) is 0 Å². The highest BCUT2D eigenvalue weighted by Gasteiger charge is 2.19. The second kappa shape index (κ2) is 14.9. The summed E-state index contributed by atoms with van der Waals surface area (Å²) in [5.41, 5.74) is 10.6. The molecule has 16 heteroatoms. The summed E-state index contributed by atoms with van der Waals surface area (Å²) in [5.74, 6) is -1.90. The van der Waals surface area contributed by atoms with Crippen molar-refractivity contribution in [1.29, 1.82) is 0 Å². The van der Waals surface area contributed by atoms with Gasteiger partial charge in [0.15, 0.2) is 0 Å². The van der Waals surface area contributed by atoms with E-state index < -0.39 is 45.2 Å². The van der Waals surface area contributed by atoms with Gasteiger partial charge in [-0.15, -0.1) is 0 Å². The Bertz CT molecular complexity index is 1120. The zero-order valence-corrected chi connectivity index (χ0v) is 21.0. The summed E-state index contributed by atoms with van der Waals surface area (Å²) >= 11 is 11.4. The van der Waals surface area contributed by atoms with Crippen molar-refractivity contribution in [2.45, 2.75) is 24.9 Å². The van der Waals surface area contributed by atoms with E-state index in [4.69, 9.17) is 44.4 Å². The number of hydrogen-bond donors (Lipinski definition) is 2. The van der Waals surface area contributed by atoms with Gasteiger partial charge in [0.2, 0.25) is 0 Å². The van der Waals surface area contributed by atoms with Gasteiger partial charge in [-0.05, 0) is 37.1 Å². The molecule has 2 aromatic rings. The van der Waals surface area contributed by atoms with Crippen LogP contribution in [0, 0.1) is 20.2 Å². The summed E-state index contributed by atoms with van der Waals surface area (Å²) < 4.78 is 0. The van der Waals surface area contributed by atoms with Gasteiger partial charge in [0.1, 0.15) is 23.3 Å². The third-order valence-corrected chi connectivity index (χ3v) is 5.27. The van der Waals surface area contributed by atoms with E-state index >= 15 is 0 Å². The van der Waals surface area contributed by atoms with E-state index in [0.717, 1.165) is 12.1 Å². The van der Waals surface area contributed by atoms with Crippen LogP contribution >= 0.6 is 23.2 Å². The molecule has 2 atom stereocenters. The molecule has 14 nitrogen and oxygen atoms in total. The molecule has 0 unspecified atom stereocenters. The molecule has 0 radical (unpaired) electrons. The highest BCUT2D eigenvalue weighted by Crippen LogP contribution is 2.26. The van der Waals surface area contributed by atoms with Gasteiger partial charge in [0.05, 0.1) is 21.0 Å². The van der Waals surface area contributed by atoms with Crippen molar-refractivity contribution in [3.63, 3.8) is 0 Å². The Hall–Kier alpha value is -3.66. The number of benzene rings is 2. The van der Waals surface area contributed by atoms with E-state index in [2.05, 4.69) is 9.78 Å². The molecule has 0 spiro atoms. The second-order valence-electron chi connectivity index (χ2n) is 7.62. The molecule has 0 fully saturated rings. The number of halogens is 2. The molecule has 0 aliphatic heterocycles. The smallest absolute Gasteiger partial charge is 0.325 e. The first-order chi connectivity index (χ1) is 18.0. The zero-order valence-electron chi connectivity index (χ0n) is 19.5. The maximum Gasteiger partial charge on any atom is 0.373 e. The van der Waals surface area contributed by atoms with Crippen LogP contribution in [0.3, 0.4) is 0 Å². The highest BCUT2D eigenvalue weighted by molar-refractivity contribution is 6.33. The summed E-state index contributed by atoms with van der Waals surface area (Å²) in [6, 6.07) is 5.73. The molecular formula is C22H22Cl2N4O10. The molecule has 0 aromatic heterocycles. The molecule has 0 saturated heterocycles. The van der Waals surface area contributed by atoms with Crippen molar-refractivity contribution in [2.24, 2.45) is 11.5 Å². The topological polar surface area (TPSA) is 209 Å². The van der Waals surface area contributed by atoms with Gasteiger partial charge in [-0.2, -0.15) is 9.78 Å². The lowest BCUT2D eigenvalue weighted by Crippen LogP contribution is -2.27. The Kier molecular flexibility index (Phi) is 12.0. The Morgan fingerprint density at radius 2 is 1.16 bits per heavy atom. The van der Waals surface area contributed by atoms with E-state index in [0.29, 0.717) is 12.8 Å². The minimum absolute atomic E-state index is 0.120. The fourth-order valence-corrected chi connectivity index (χ4v) is 3.06. The van der Waals surface area contributed by atoms with Crippen LogP contribution in [-0.2, 0) is 19.6 Å². The van der Waals surface area contributed by atoms with Crippen LogP contribution in [0.15, 0.2) is 48.6 Å². The monoisotopic (exact) mass is 572 g/mol. The van der Waals surface area contributed by atoms with Gasteiger partial charge >= 0.3 is 11.9 Å². The van der Waals surface area contributed by atoms with Gasteiger partial charge in [0, 0.05) is 24.2 Å². The van der Waals surface area contributed by atoms with Crippen molar-refractivity contribution >= 4 is 46.5 Å². The van der Waals surface area contributed by atoms with Crippen LogP contribution in [0.2, 0.25) is 10.0 Å². The minimum Gasteiger partial charge on any atom is -0.325 e. The summed E-state index contributed by atoms with van der Waals surface area (Å²) in [4.78, 5) is 63.1. The number of carbonyl (C=O) groups excluding carboxylic acids is 2. The van der Waals surface area contributed by atoms with E-state index in [1.165, 1.54) is 24.3 Å². The Morgan fingerprint density at radius 1 is 0.789 bits per heavy atom. The van der Waals surface area contributed by atoms with E-state index in [-0.39, 0.29) is 34.4 Å². The second-order valence-corrected chi connectivity index (χ2v) is 8.43. The number of carbonyl (C=O) groups is 2. The lowest BCUT2D eigenvalue weighted by Gasteiger charge is -2.10. The molecule has 0 aliphatic carbocycles. The SMILES string of the molecule is N[C@@H](C/C=C/C[C@H](N)COOC(=O)c1ccc(Cl)c([N+](=O)[O-])c1)COOC(=O)c1ccc(Cl)c([N+](=O)[O-])c1. The first-order valence-electron chi connectivity index (χ1n) is 10.7. The largest absolute Gasteiger partial charge is 0.373 e. The van der Waals surface area contributed by atoms with Gasteiger partial charge in [-0.1, -0.05) is 35.4 Å². The number of nitrogens with zero attached hydrogens (tertiary/aromatic N) is 2. The lowest BCUT2D eigenvalue weighted by molar-refractivity contribution is -0.384. The molecule has 2 rings (SSSR count). The number of hydrogen-bond acceptors (Lipinski definition) is 12. The molecule has 2 aromatic carbocycles. The van der Waals surface area contributed by atoms with Crippen LogP contribution < -0.4 is 11.5 Å². The number of nitro groups is 2. The standard InChI is InChI=1S/C22H22Cl2N4O10/c23-17-7-5-13(9-19(17)27(31)32)21(29)37-35-11-15(25)3-1-2-4-16(26)12-36-38-22(30)14-6-8-18(24)20(10-14)28(33)34/h1-2,5-10,15-16H,3-4,11-12,25-26H2/b2-1+/t15-,16-/m0/s1. The van der Waals surface area contributed by atoms with Gasteiger partial charge in [-0.3, -0.25) is 30.0 Å². The normalized spacial score (nSPS) is 12.6. The summed E-state index contributed by atoms with van der Waals surface area (Å²) in [6.07, 6.45) is 4.08.